The van der Waals surface area contributed by atoms with Crippen molar-refractivity contribution in [2.75, 3.05) is 20.1 Å². The molecule has 2 rings (SSSR count). The Morgan fingerprint density at radius 1 is 1.33 bits per heavy atom. The van der Waals surface area contributed by atoms with Crippen LogP contribution in [-0.4, -0.2) is 37.1 Å². The lowest BCUT2D eigenvalue weighted by molar-refractivity contribution is 0.0607. The van der Waals surface area contributed by atoms with Crippen LogP contribution in [0.3, 0.4) is 0 Å². The van der Waals surface area contributed by atoms with Gasteiger partial charge in [0, 0.05) is 18.6 Å². The molecule has 0 amide bonds. The Balaban J connectivity index is 1.98. The summed E-state index contributed by atoms with van der Waals surface area (Å²) in [6, 6.07) is 1.40. The van der Waals surface area contributed by atoms with Gasteiger partial charge in [0.15, 0.2) is 0 Å². The molecule has 0 radical (unpaired) electrons. The molecule has 0 aliphatic heterocycles. The van der Waals surface area contributed by atoms with Gasteiger partial charge in [-0.25, -0.2) is 0 Å². The zero-order chi connectivity index (χ0) is 13.3. The first-order valence-corrected chi connectivity index (χ1v) is 7.89. The number of hydrogen-bond acceptors (Lipinski definition) is 2. The third-order valence-corrected chi connectivity index (χ3v) is 5.34. The predicted molar refractivity (Wildman–Crippen MR) is 78.8 cm³/mol. The molecule has 0 spiro atoms. The fourth-order valence-electron chi connectivity index (χ4n) is 3.88. The largest absolute Gasteiger partial charge is 0.312 e. The minimum atomic E-state index is 0.447. The number of nitrogens with one attached hydrogen (secondary N) is 1. The van der Waals surface area contributed by atoms with Crippen molar-refractivity contribution in [3.63, 3.8) is 0 Å². The van der Waals surface area contributed by atoms with E-state index in [1.54, 1.807) is 0 Å². The van der Waals surface area contributed by atoms with Gasteiger partial charge in [-0.2, -0.15) is 0 Å². The Labute approximate surface area is 114 Å². The lowest BCUT2D eigenvalue weighted by Gasteiger charge is -2.48. The van der Waals surface area contributed by atoms with Crippen LogP contribution in [0.1, 0.15) is 53.4 Å². The summed E-state index contributed by atoms with van der Waals surface area (Å²) < 4.78 is 0. The normalized spacial score (nSPS) is 39.0. The molecule has 2 aliphatic carbocycles. The van der Waals surface area contributed by atoms with E-state index in [1.165, 1.54) is 32.2 Å². The van der Waals surface area contributed by atoms with Crippen LogP contribution in [0.4, 0.5) is 0 Å². The highest BCUT2D eigenvalue weighted by molar-refractivity contribution is 4.98. The zero-order valence-electron chi connectivity index (χ0n) is 13.0. The summed E-state index contributed by atoms with van der Waals surface area (Å²) in [5.74, 6) is 1.95. The summed E-state index contributed by atoms with van der Waals surface area (Å²) >= 11 is 0. The highest BCUT2D eigenvalue weighted by atomic mass is 15.2. The van der Waals surface area contributed by atoms with Gasteiger partial charge in [-0.3, -0.25) is 0 Å². The maximum absolute atomic E-state index is 3.77. The van der Waals surface area contributed by atoms with Crippen LogP contribution in [0.5, 0.6) is 0 Å². The van der Waals surface area contributed by atoms with Crippen LogP contribution in [-0.2, 0) is 0 Å². The minimum absolute atomic E-state index is 0.447. The molecule has 2 aliphatic rings. The van der Waals surface area contributed by atoms with E-state index >= 15 is 0 Å². The summed E-state index contributed by atoms with van der Waals surface area (Å²) in [5, 5.41) is 3.77. The van der Waals surface area contributed by atoms with Crippen molar-refractivity contribution >= 4 is 0 Å². The molecule has 4 unspecified atom stereocenters. The molecule has 2 fully saturated rings. The molecule has 2 nitrogen and oxygen atoms in total. The summed E-state index contributed by atoms with van der Waals surface area (Å²) in [5.41, 5.74) is 0.447. The lowest BCUT2D eigenvalue weighted by atomic mass is 9.70. The van der Waals surface area contributed by atoms with Gasteiger partial charge in [-0.1, -0.05) is 34.1 Å². The first kappa shape index (κ1) is 14.3. The Kier molecular flexibility index (Phi) is 4.38. The lowest BCUT2D eigenvalue weighted by Crippen LogP contribution is -2.58. The molecule has 0 aromatic rings. The fourth-order valence-corrected chi connectivity index (χ4v) is 3.88. The van der Waals surface area contributed by atoms with Crippen LogP contribution in [0.2, 0.25) is 0 Å². The van der Waals surface area contributed by atoms with Crippen molar-refractivity contribution in [1.29, 1.82) is 0 Å². The number of rotatable bonds is 5. The van der Waals surface area contributed by atoms with E-state index in [9.17, 15) is 0 Å². The van der Waals surface area contributed by atoms with E-state index in [0.717, 1.165) is 24.4 Å². The van der Waals surface area contributed by atoms with Gasteiger partial charge in [-0.15, -0.1) is 0 Å². The van der Waals surface area contributed by atoms with E-state index in [4.69, 9.17) is 0 Å². The summed E-state index contributed by atoms with van der Waals surface area (Å²) in [7, 11) is 2.35. The molecule has 2 saturated carbocycles. The molecule has 0 saturated heterocycles. The van der Waals surface area contributed by atoms with Crippen LogP contribution < -0.4 is 5.32 Å². The van der Waals surface area contributed by atoms with E-state index in [-0.39, 0.29) is 0 Å². The summed E-state index contributed by atoms with van der Waals surface area (Å²) in [6.45, 7) is 11.9. The van der Waals surface area contributed by atoms with E-state index < -0.39 is 0 Å². The monoisotopic (exact) mass is 252 g/mol. The number of hydrogen-bond donors (Lipinski definition) is 1. The highest BCUT2D eigenvalue weighted by Gasteiger charge is 2.42. The second-order valence-electron chi connectivity index (χ2n) is 7.40. The van der Waals surface area contributed by atoms with Crippen molar-refractivity contribution in [3.8, 4) is 0 Å². The highest BCUT2D eigenvalue weighted by Crippen LogP contribution is 2.41. The van der Waals surface area contributed by atoms with Gasteiger partial charge in [0.1, 0.15) is 0 Å². The third kappa shape index (κ3) is 3.08. The molecular formula is C16H32N2. The molecule has 0 heterocycles. The Hall–Kier alpha value is -0.0800. The second kappa shape index (κ2) is 5.50. The molecule has 2 heteroatoms. The molecule has 106 valence electrons. The molecule has 4 atom stereocenters. The van der Waals surface area contributed by atoms with Crippen LogP contribution in [0.15, 0.2) is 0 Å². The molecule has 1 N–H and O–H groups in total. The fraction of sp³-hybridized carbons (Fsp3) is 1.00. The summed E-state index contributed by atoms with van der Waals surface area (Å²) in [6.07, 6.45) is 5.59. The average Bonchev–Trinajstić information content (AvgIpc) is 2.97. The molecule has 0 aromatic carbocycles. The van der Waals surface area contributed by atoms with Gasteiger partial charge in [0.2, 0.25) is 0 Å². The van der Waals surface area contributed by atoms with Gasteiger partial charge in [0.05, 0.1) is 0 Å². The first-order valence-electron chi connectivity index (χ1n) is 7.89. The topological polar surface area (TPSA) is 15.3 Å². The second-order valence-corrected chi connectivity index (χ2v) is 7.40. The van der Waals surface area contributed by atoms with E-state index in [1.807, 2.05) is 0 Å². The van der Waals surface area contributed by atoms with Crippen molar-refractivity contribution in [2.24, 2.45) is 17.3 Å². The Morgan fingerprint density at radius 2 is 2.00 bits per heavy atom. The van der Waals surface area contributed by atoms with Crippen molar-refractivity contribution in [3.05, 3.63) is 0 Å². The first-order chi connectivity index (χ1) is 8.45. The predicted octanol–water partition coefficient (Wildman–Crippen LogP) is 3.13. The van der Waals surface area contributed by atoms with Crippen LogP contribution in [0.25, 0.3) is 0 Å². The number of likely N-dealkylation sites (N-methyl/N-ethyl adjacent to an activating group) is 2. The maximum Gasteiger partial charge on any atom is 0.0274 e. The molecule has 0 bridgehead atoms. The van der Waals surface area contributed by atoms with Gasteiger partial charge < -0.3 is 10.2 Å². The van der Waals surface area contributed by atoms with Crippen molar-refractivity contribution in [1.82, 2.24) is 10.2 Å². The van der Waals surface area contributed by atoms with Crippen LogP contribution >= 0.6 is 0 Å². The van der Waals surface area contributed by atoms with Gasteiger partial charge in [-0.05, 0) is 50.1 Å². The van der Waals surface area contributed by atoms with Crippen molar-refractivity contribution < 1.29 is 0 Å². The SMILES string of the molecule is CCNC1C(N(C)CC2CC2C)CCCC1(C)C. The summed E-state index contributed by atoms with van der Waals surface area (Å²) in [4.78, 5) is 2.66. The van der Waals surface area contributed by atoms with Crippen molar-refractivity contribution in [2.45, 2.75) is 65.5 Å². The average molecular weight is 252 g/mol. The van der Waals surface area contributed by atoms with Gasteiger partial charge in [0.25, 0.3) is 0 Å². The van der Waals surface area contributed by atoms with Gasteiger partial charge >= 0.3 is 0 Å². The Morgan fingerprint density at radius 3 is 2.56 bits per heavy atom. The molecular weight excluding hydrogens is 220 g/mol. The molecule has 0 aromatic heterocycles. The van der Waals surface area contributed by atoms with Crippen LogP contribution in [0, 0.1) is 17.3 Å². The minimum Gasteiger partial charge on any atom is -0.312 e. The zero-order valence-corrected chi connectivity index (χ0v) is 13.0. The van der Waals surface area contributed by atoms with E-state index in [2.05, 4.69) is 45.0 Å². The smallest absolute Gasteiger partial charge is 0.0274 e. The third-order valence-electron chi connectivity index (χ3n) is 5.34. The van der Waals surface area contributed by atoms with E-state index in [0.29, 0.717) is 11.5 Å². The molecule has 18 heavy (non-hydrogen) atoms. The Bertz CT molecular complexity index is 274. The maximum atomic E-state index is 3.77. The standard InChI is InChI=1S/C16H32N2/c1-6-17-15-14(8-7-9-16(15,3)4)18(5)11-13-10-12(13)2/h12-15,17H,6-11H2,1-5H3. The number of nitrogens with zero attached hydrogens (tertiary/aromatic N) is 1. The quantitative estimate of drug-likeness (QED) is 0.809.